The highest BCUT2D eigenvalue weighted by atomic mass is 32.2. The molecule has 20 heavy (non-hydrogen) atoms. The summed E-state index contributed by atoms with van der Waals surface area (Å²) in [5.74, 6) is 0.775. The van der Waals surface area contributed by atoms with Gasteiger partial charge in [0.2, 0.25) is 11.0 Å². The van der Waals surface area contributed by atoms with Crippen molar-refractivity contribution < 1.29 is 22.0 Å². The monoisotopic (exact) mass is 299 g/mol. The van der Waals surface area contributed by atoms with Crippen molar-refractivity contribution in [2.45, 2.75) is 12.0 Å². The van der Waals surface area contributed by atoms with Gasteiger partial charge >= 0.3 is 0 Å². The third-order valence-corrected chi connectivity index (χ3v) is 4.66. The Hall–Kier alpha value is -1.71. The first kappa shape index (κ1) is 13.3. The van der Waals surface area contributed by atoms with Crippen molar-refractivity contribution in [3.05, 3.63) is 18.0 Å². The predicted octanol–water partition coefficient (Wildman–Crippen LogP) is 0.659. The SMILES string of the molecule is Cc1nnc(-c2ccc(S(=O)(=O)N3CCOCC3)o2)o1. The molecule has 1 fully saturated rings. The molecule has 108 valence electrons. The highest BCUT2D eigenvalue weighted by molar-refractivity contribution is 7.89. The van der Waals surface area contributed by atoms with Crippen molar-refractivity contribution in [3.63, 3.8) is 0 Å². The Bertz CT molecular complexity index is 699. The summed E-state index contributed by atoms with van der Waals surface area (Å²) >= 11 is 0. The molecular formula is C11H13N3O5S. The topological polar surface area (TPSA) is 98.7 Å². The van der Waals surface area contributed by atoms with Gasteiger partial charge in [0.25, 0.3) is 15.9 Å². The first-order valence-corrected chi connectivity index (χ1v) is 7.49. The number of aromatic nitrogens is 2. The molecule has 1 saturated heterocycles. The van der Waals surface area contributed by atoms with Crippen LogP contribution in [0.3, 0.4) is 0 Å². The zero-order chi connectivity index (χ0) is 14.2. The van der Waals surface area contributed by atoms with Crippen LogP contribution in [0.25, 0.3) is 11.7 Å². The summed E-state index contributed by atoms with van der Waals surface area (Å²) in [6.07, 6.45) is 0. The fourth-order valence-corrected chi connectivity index (χ4v) is 3.20. The van der Waals surface area contributed by atoms with E-state index in [1.54, 1.807) is 6.92 Å². The second-order valence-electron chi connectivity index (χ2n) is 4.26. The average molecular weight is 299 g/mol. The lowest BCUT2D eigenvalue weighted by Gasteiger charge is -2.24. The summed E-state index contributed by atoms with van der Waals surface area (Å²) in [6, 6.07) is 2.89. The number of rotatable bonds is 3. The van der Waals surface area contributed by atoms with Gasteiger partial charge in [-0.05, 0) is 12.1 Å². The molecule has 2 aromatic rings. The minimum atomic E-state index is -3.65. The second kappa shape index (κ2) is 5.00. The quantitative estimate of drug-likeness (QED) is 0.820. The predicted molar refractivity (Wildman–Crippen MR) is 66.3 cm³/mol. The zero-order valence-corrected chi connectivity index (χ0v) is 11.6. The molecule has 0 spiro atoms. The van der Waals surface area contributed by atoms with Gasteiger partial charge in [-0.2, -0.15) is 4.31 Å². The maximum Gasteiger partial charge on any atom is 0.283 e. The van der Waals surface area contributed by atoms with Crippen LogP contribution in [0.15, 0.2) is 26.1 Å². The van der Waals surface area contributed by atoms with Gasteiger partial charge < -0.3 is 13.6 Å². The summed E-state index contributed by atoms with van der Waals surface area (Å²) in [7, 11) is -3.65. The number of ether oxygens (including phenoxy) is 1. The van der Waals surface area contributed by atoms with Crippen LogP contribution in [0.4, 0.5) is 0 Å². The van der Waals surface area contributed by atoms with Crippen LogP contribution in [-0.2, 0) is 14.8 Å². The Morgan fingerprint density at radius 1 is 1.15 bits per heavy atom. The summed E-state index contributed by atoms with van der Waals surface area (Å²) in [5.41, 5.74) is 0. The molecule has 0 atom stereocenters. The van der Waals surface area contributed by atoms with Gasteiger partial charge in [-0.1, -0.05) is 0 Å². The lowest BCUT2D eigenvalue weighted by molar-refractivity contribution is 0.0724. The Balaban J connectivity index is 1.89. The third-order valence-electron chi connectivity index (χ3n) is 2.88. The standard InChI is InChI=1S/C11H13N3O5S/c1-8-12-13-11(18-8)9-2-3-10(19-9)20(15,16)14-4-6-17-7-5-14/h2-3H,4-7H2,1H3. The van der Waals surface area contributed by atoms with E-state index >= 15 is 0 Å². The number of aryl methyl sites for hydroxylation is 1. The van der Waals surface area contributed by atoms with Gasteiger partial charge in [-0.3, -0.25) is 0 Å². The highest BCUT2D eigenvalue weighted by Crippen LogP contribution is 2.25. The molecule has 0 saturated carbocycles. The molecule has 3 heterocycles. The normalized spacial score (nSPS) is 17.4. The maximum atomic E-state index is 12.3. The summed E-state index contributed by atoms with van der Waals surface area (Å²) < 4.78 is 41.7. The van der Waals surface area contributed by atoms with Gasteiger partial charge in [0.1, 0.15) is 0 Å². The Morgan fingerprint density at radius 2 is 1.90 bits per heavy atom. The molecule has 1 aliphatic rings. The van der Waals surface area contributed by atoms with Crippen LogP contribution in [0.1, 0.15) is 5.89 Å². The number of nitrogens with zero attached hydrogens (tertiary/aromatic N) is 3. The molecule has 1 aliphatic heterocycles. The molecule has 0 N–H and O–H groups in total. The van der Waals surface area contributed by atoms with Crippen LogP contribution in [0.5, 0.6) is 0 Å². The van der Waals surface area contributed by atoms with E-state index in [1.807, 2.05) is 0 Å². The third kappa shape index (κ3) is 2.35. The van der Waals surface area contributed by atoms with E-state index in [9.17, 15) is 8.42 Å². The molecule has 0 aliphatic carbocycles. The molecule has 0 radical (unpaired) electrons. The van der Waals surface area contributed by atoms with Crippen molar-refractivity contribution in [2.24, 2.45) is 0 Å². The van der Waals surface area contributed by atoms with Gasteiger partial charge in [0.05, 0.1) is 13.2 Å². The van der Waals surface area contributed by atoms with E-state index in [1.165, 1.54) is 16.4 Å². The first-order valence-electron chi connectivity index (χ1n) is 6.05. The van der Waals surface area contributed by atoms with Crippen LogP contribution >= 0.6 is 0 Å². The van der Waals surface area contributed by atoms with Crippen molar-refractivity contribution >= 4 is 10.0 Å². The maximum absolute atomic E-state index is 12.3. The van der Waals surface area contributed by atoms with Crippen LogP contribution in [0, 0.1) is 6.92 Å². The van der Waals surface area contributed by atoms with E-state index in [0.717, 1.165) is 0 Å². The molecule has 2 aromatic heterocycles. The van der Waals surface area contributed by atoms with Gasteiger partial charge in [-0.25, -0.2) is 8.42 Å². The molecular weight excluding hydrogens is 286 g/mol. The van der Waals surface area contributed by atoms with E-state index in [-0.39, 0.29) is 16.7 Å². The summed E-state index contributed by atoms with van der Waals surface area (Å²) in [6.45, 7) is 3.05. The van der Waals surface area contributed by atoms with Crippen molar-refractivity contribution in [1.29, 1.82) is 0 Å². The van der Waals surface area contributed by atoms with E-state index < -0.39 is 10.0 Å². The van der Waals surface area contributed by atoms with Crippen LogP contribution < -0.4 is 0 Å². The minimum Gasteiger partial charge on any atom is -0.438 e. The fraction of sp³-hybridized carbons (Fsp3) is 0.455. The van der Waals surface area contributed by atoms with E-state index in [0.29, 0.717) is 32.2 Å². The van der Waals surface area contributed by atoms with Gasteiger partial charge in [0.15, 0.2) is 5.76 Å². The van der Waals surface area contributed by atoms with Crippen LogP contribution in [-0.4, -0.2) is 49.2 Å². The summed E-state index contributed by atoms with van der Waals surface area (Å²) in [5, 5.41) is 7.32. The lowest BCUT2D eigenvalue weighted by Crippen LogP contribution is -2.40. The molecule has 0 unspecified atom stereocenters. The zero-order valence-electron chi connectivity index (χ0n) is 10.8. The number of sulfonamides is 1. The Kier molecular flexibility index (Phi) is 3.32. The van der Waals surface area contributed by atoms with E-state index in [2.05, 4.69) is 10.2 Å². The first-order chi connectivity index (χ1) is 9.57. The number of morpholine rings is 1. The van der Waals surface area contributed by atoms with E-state index in [4.69, 9.17) is 13.6 Å². The largest absolute Gasteiger partial charge is 0.438 e. The lowest BCUT2D eigenvalue weighted by atomic mass is 10.5. The summed E-state index contributed by atoms with van der Waals surface area (Å²) in [4.78, 5) is 0. The number of hydrogen-bond acceptors (Lipinski definition) is 7. The molecule has 9 heteroatoms. The Labute approximate surface area is 115 Å². The second-order valence-corrected chi connectivity index (χ2v) is 6.13. The average Bonchev–Trinajstić information content (AvgIpc) is 3.08. The van der Waals surface area contributed by atoms with Gasteiger partial charge in [-0.15, -0.1) is 10.2 Å². The Morgan fingerprint density at radius 3 is 2.55 bits per heavy atom. The smallest absolute Gasteiger partial charge is 0.283 e. The highest BCUT2D eigenvalue weighted by Gasteiger charge is 2.29. The molecule has 0 aromatic carbocycles. The van der Waals surface area contributed by atoms with Crippen molar-refractivity contribution in [2.75, 3.05) is 26.3 Å². The molecule has 0 amide bonds. The number of furan rings is 1. The fourth-order valence-electron chi connectivity index (χ4n) is 1.88. The van der Waals surface area contributed by atoms with Crippen LogP contribution in [0.2, 0.25) is 0 Å². The molecule has 0 bridgehead atoms. The van der Waals surface area contributed by atoms with Gasteiger partial charge in [0, 0.05) is 20.0 Å². The number of hydrogen-bond donors (Lipinski definition) is 0. The minimum absolute atomic E-state index is 0.134. The molecule has 3 rings (SSSR count). The van der Waals surface area contributed by atoms with Crippen molar-refractivity contribution in [3.8, 4) is 11.7 Å². The molecule has 8 nitrogen and oxygen atoms in total. The van der Waals surface area contributed by atoms with Crippen molar-refractivity contribution in [1.82, 2.24) is 14.5 Å².